The number of carboxylic acid groups (broad SMARTS) is 2. The third-order valence-electron chi connectivity index (χ3n) is 4.74. The Morgan fingerprint density at radius 3 is 2.20 bits per heavy atom. The van der Waals surface area contributed by atoms with Crippen molar-refractivity contribution in [1.29, 1.82) is 0 Å². The van der Waals surface area contributed by atoms with Crippen LogP contribution in [0, 0.1) is 12.8 Å². The second-order valence-corrected chi connectivity index (χ2v) is 7.52. The Kier molecular flexibility index (Phi) is 8.29. The molecule has 160 valence electrons. The van der Waals surface area contributed by atoms with Crippen molar-refractivity contribution in [3.05, 3.63) is 65.7 Å². The molecule has 0 bridgehead atoms. The number of nitrogens with one attached hydrogen (secondary N) is 2. The summed E-state index contributed by atoms with van der Waals surface area (Å²) in [4.78, 5) is 36.3. The van der Waals surface area contributed by atoms with Gasteiger partial charge in [0, 0.05) is 24.3 Å². The van der Waals surface area contributed by atoms with E-state index in [0.717, 1.165) is 11.1 Å². The number of carbonyl (C=O) groups excluding carboxylic acids is 1. The smallest absolute Gasteiger partial charge is 0.350 e. The molecule has 0 heterocycles. The third-order valence-corrected chi connectivity index (χ3v) is 5.18. The number of carbonyl (C=O) groups is 3. The number of carboxylic acids is 2. The highest BCUT2D eigenvalue weighted by atomic mass is 32.1. The summed E-state index contributed by atoms with van der Waals surface area (Å²) in [6.07, 6.45) is -0.382. The molecule has 2 aromatic rings. The van der Waals surface area contributed by atoms with E-state index in [9.17, 15) is 19.5 Å². The van der Waals surface area contributed by atoms with Crippen molar-refractivity contribution in [1.82, 2.24) is 5.32 Å². The predicted molar refractivity (Wildman–Crippen MR) is 118 cm³/mol. The van der Waals surface area contributed by atoms with E-state index in [2.05, 4.69) is 23.3 Å². The van der Waals surface area contributed by atoms with Crippen molar-refractivity contribution in [3.8, 4) is 0 Å². The standard InChI is InChI=1S/C22H26N2O5S/c1-15-7-9-18(10-8-15)23-22(21(28)29,12-11-19(25)26)24-20(27)17(14-30)13-16-5-3-2-4-6-16/h2-10,17,23,30H,11-14H2,1H3,(H,24,27)(H,25,26)(H,28,29)/t17?,22-/m0/s1. The van der Waals surface area contributed by atoms with Gasteiger partial charge in [0.05, 0.1) is 5.92 Å². The van der Waals surface area contributed by atoms with Crippen LogP contribution >= 0.6 is 12.6 Å². The summed E-state index contributed by atoms with van der Waals surface area (Å²) in [5, 5.41) is 24.4. The lowest BCUT2D eigenvalue weighted by Gasteiger charge is -2.33. The van der Waals surface area contributed by atoms with Crippen LogP contribution < -0.4 is 10.6 Å². The molecule has 4 N–H and O–H groups in total. The van der Waals surface area contributed by atoms with Crippen LogP contribution in [0.15, 0.2) is 54.6 Å². The van der Waals surface area contributed by atoms with Gasteiger partial charge in [-0.05, 0) is 31.0 Å². The molecule has 0 saturated heterocycles. The van der Waals surface area contributed by atoms with Gasteiger partial charge in [-0.3, -0.25) is 9.59 Å². The minimum Gasteiger partial charge on any atom is -0.481 e. The molecule has 0 aliphatic heterocycles. The van der Waals surface area contributed by atoms with E-state index in [1.165, 1.54) is 0 Å². The Morgan fingerprint density at radius 1 is 1.03 bits per heavy atom. The number of aliphatic carboxylic acids is 2. The van der Waals surface area contributed by atoms with Crippen LogP contribution in [0.5, 0.6) is 0 Å². The molecule has 2 rings (SSSR count). The largest absolute Gasteiger partial charge is 0.481 e. The van der Waals surface area contributed by atoms with Crippen LogP contribution in [0.4, 0.5) is 5.69 Å². The zero-order chi connectivity index (χ0) is 22.1. The first kappa shape index (κ1) is 23.3. The highest BCUT2D eigenvalue weighted by molar-refractivity contribution is 7.80. The van der Waals surface area contributed by atoms with Gasteiger partial charge in [0.2, 0.25) is 11.6 Å². The Hall–Kier alpha value is -3.00. The lowest BCUT2D eigenvalue weighted by molar-refractivity contribution is -0.148. The van der Waals surface area contributed by atoms with Crippen molar-refractivity contribution >= 4 is 36.2 Å². The maximum Gasteiger partial charge on any atom is 0.350 e. The number of anilines is 1. The number of hydrogen-bond acceptors (Lipinski definition) is 5. The van der Waals surface area contributed by atoms with Crippen LogP contribution in [-0.4, -0.2) is 39.5 Å². The number of rotatable bonds is 11. The number of hydrogen-bond donors (Lipinski definition) is 5. The molecule has 0 aliphatic carbocycles. The summed E-state index contributed by atoms with van der Waals surface area (Å²) in [5.41, 5.74) is 0.390. The molecule has 0 saturated carbocycles. The van der Waals surface area contributed by atoms with Crippen LogP contribution in [0.2, 0.25) is 0 Å². The van der Waals surface area contributed by atoms with Gasteiger partial charge < -0.3 is 20.8 Å². The molecule has 0 aromatic heterocycles. The first-order valence-electron chi connectivity index (χ1n) is 9.52. The van der Waals surface area contributed by atoms with E-state index in [1.807, 2.05) is 37.3 Å². The first-order chi connectivity index (χ1) is 14.3. The lowest BCUT2D eigenvalue weighted by Crippen LogP contribution is -2.61. The van der Waals surface area contributed by atoms with E-state index in [1.54, 1.807) is 24.3 Å². The van der Waals surface area contributed by atoms with Gasteiger partial charge in [0.15, 0.2) is 0 Å². The molecule has 0 aliphatic rings. The predicted octanol–water partition coefficient (Wildman–Crippen LogP) is 2.96. The Labute approximate surface area is 180 Å². The average Bonchev–Trinajstić information content (AvgIpc) is 2.72. The minimum atomic E-state index is -1.97. The van der Waals surface area contributed by atoms with Crippen LogP contribution in [0.25, 0.3) is 0 Å². The van der Waals surface area contributed by atoms with E-state index in [-0.39, 0.29) is 12.2 Å². The lowest BCUT2D eigenvalue weighted by atomic mass is 9.97. The van der Waals surface area contributed by atoms with Crippen LogP contribution in [0.1, 0.15) is 24.0 Å². The Balaban J connectivity index is 2.28. The summed E-state index contributed by atoms with van der Waals surface area (Å²) >= 11 is 4.26. The summed E-state index contributed by atoms with van der Waals surface area (Å²) in [6, 6.07) is 16.3. The number of thiol groups is 1. The summed E-state index contributed by atoms with van der Waals surface area (Å²) in [7, 11) is 0. The molecular formula is C22H26N2O5S. The maximum atomic E-state index is 13.0. The second-order valence-electron chi connectivity index (χ2n) is 7.15. The normalized spacial score (nSPS) is 13.7. The number of benzene rings is 2. The highest BCUT2D eigenvalue weighted by Crippen LogP contribution is 2.21. The molecule has 1 unspecified atom stereocenters. The van der Waals surface area contributed by atoms with Gasteiger partial charge in [-0.25, -0.2) is 4.79 Å². The quantitative estimate of drug-likeness (QED) is 0.277. The Morgan fingerprint density at radius 2 is 1.67 bits per heavy atom. The van der Waals surface area contributed by atoms with Crippen molar-refractivity contribution in [2.45, 2.75) is 31.8 Å². The zero-order valence-electron chi connectivity index (χ0n) is 16.7. The van der Waals surface area contributed by atoms with Gasteiger partial charge in [-0.2, -0.15) is 12.6 Å². The molecule has 0 radical (unpaired) electrons. The fourth-order valence-electron chi connectivity index (χ4n) is 3.00. The SMILES string of the molecule is Cc1ccc(N[C@@](CCC(=O)O)(NC(=O)C(CS)Cc2ccccc2)C(=O)O)cc1. The fourth-order valence-corrected chi connectivity index (χ4v) is 3.29. The Bertz CT molecular complexity index is 873. The van der Waals surface area contributed by atoms with Crippen LogP contribution in [0.3, 0.4) is 0 Å². The molecule has 0 spiro atoms. The van der Waals surface area contributed by atoms with Crippen molar-refractivity contribution in [2.24, 2.45) is 5.92 Å². The fraction of sp³-hybridized carbons (Fsp3) is 0.318. The number of amides is 1. The van der Waals surface area contributed by atoms with Gasteiger partial charge >= 0.3 is 11.9 Å². The minimum absolute atomic E-state index is 0.208. The molecule has 2 atom stereocenters. The maximum absolute atomic E-state index is 13.0. The van der Waals surface area contributed by atoms with Gasteiger partial charge in [0.25, 0.3) is 0 Å². The van der Waals surface area contributed by atoms with Gasteiger partial charge in [0.1, 0.15) is 0 Å². The monoisotopic (exact) mass is 430 g/mol. The third kappa shape index (κ3) is 6.52. The molecule has 8 heteroatoms. The van der Waals surface area contributed by atoms with E-state index < -0.39 is 35.8 Å². The van der Waals surface area contributed by atoms with Crippen molar-refractivity contribution in [3.63, 3.8) is 0 Å². The zero-order valence-corrected chi connectivity index (χ0v) is 17.6. The van der Waals surface area contributed by atoms with Crippen molar-refractivity contribution < 1.29 is 24.6 Å². The van der Waals surface area contributed by atoms with E-state index >= 15 is 0 Å². The average molecular weight is 431 g/mol. The van der Waals surface area contributed by atoms with Gasteiger partial charge in [-0.15, -0.1) is 0 Å². The molecular weight excluding hydrogens is 404 g/mol. The van der Waals surface area contributed by atoms with Gasteiger partial charge in [-0.1, -0.05) is 48.0 Å². The van der Waals surface area contributed by atoms with Crippen LogP contribution in [-0.2, 0) is 20.8 Å². The molecule has 7 nitrogen and oxygen atoms in total. The van der Waals surface area contributed by atoms with E-state index in [0.29, 0.717) is 12.1 Å². The summed E-state index contributed by atoms with van der Waals surface area (Å²) in [5.74, 6) is -3.41. The summed E-state index contributed by atoms with van der Waals surface area (Å²) in [6.45, 7) is 1.89. The van der Waals surface area contributed by atoms with E-state index in [4.69, 9.17) is 5.11 Å². The number of aryl methyl sites for hydroxylation is 1. The molecule has 2 aromatic carbocycles. The topological polar surface area (TPSA) is 116 Å². The highest BCUT2D eigenvalue weighted by Gasteiger charge is 2.41. The molecule has 0 fully saturated rings. The molecule has 1 amide bonds. The summed E-state index contributed by atoms with van der Waals surface area (Å²) < 4.78 is 0. The second kappa shape index (κ2) is 10.7. The first-order valence-corrected chi connectivity index (χ1v) is 10.2. The van der Waals surface area contributed by atoms with Crippen molar-refractivity contribution in [2.75, 3.05) is 11.1 Å². The molecule has 30 heavy (non-hydrogen) atoms.